The fourth-order valence-electron chi connectivity index (χ4n) is 1.04. The molecular weight excluding hydrogens is 244 g/mol. The summed E-state index contributed by atoms with van der Waals surface area (Å²) >= 11 is 3.32. The molecule has 0 aliphatic carbocycles. The van der Waals surface area contributed by atoms with E-state index in [0.717, 1.165) is 10.2 Å². The number of anilines is 1. The molecule has 0 fully saturated rings. The molecule has 0 aliphatic heterocycles. The van der Waals surface area contributed by atoms with Crippen molar-refractivity contribution in [2.75, 3.05) is 5.32 Å². The lowest BCUT2D eigenvalue weighted by molar-refractivity contribution is -0.116. The quantitative estimate of drug-likeness (QED) is 0.871. The van der Waals surface area contributed by atoms with Crippen LogP contribution >= 0.6 is 15.9 Å². The average Bonchev–Trinajstić information content (AvgIpc) is 2.07. The molecule has 0 bridgehead atoms. The van der Waals surface area contributed by atoms with Crippen molar-refractivity contribution in [3.05, 3.63) is 28.7 Å². The molecule has 1 amide bonds. The van der Waals surface area contributed by atoms with Crippen LogP contribution in [0.1, 0.15) is 13.3 Å². The molecule has 0 aromatic heterocycles. The maximum Gasteiger partial charge on any atom is 0.225 e. The minimum Gasteiger partial charge on any atom is -0.327 e. The molecule has 0 aliphatic rings. The van der Waals surface area contributed by atoms with Gasteiger partial charge in [-0.05, 0) is 31.2 Å². The van der Waals surface area contributed by atoms with Crippen LogP contribution in [0.4, 0.5) is 5.69 Å². The Labute approximate surface area is 91.8 Å². The summed E-state index contributed by atoms with van der Waals surface area (Å²) < 4.78 is 0.989. The third kappa shape index (κ3) is 3.89. The van der Waals surface area contributed by atoms with Gasteiger partial charge in [-0.3, -0.25) is 4.79 Å². The molecule has 0 saturated carbocycles. The first-order valence-electron chi connectivity index (χ1n) is 4.39. The second kappa shape index (κ2) is 5.12. The molecule has 1 rings (SSSR count). The Morgan fingerprint density at radius 1 is 1.50 bits per heavy atom. The number of halogens is 1. The zero-order valence-electron chi connectivity index (χ0n) is 7.96. The highest BCUT2D eigenvalue weighted by atomic mass is 79.9. The highest BCUT2D eigenvalue weighted by Crippen LogP contribution is 2.14. The van der Waals surface area contributed by atoms with Gasteiger partial charge in [0.05, 0.1) is 0 Å². The summed E-state index contributed by atoms with van der Waals surface area (Å²) in [6.07, 6.45) is 0.343. The first-order chi connectivity index (χ1) is 6.58. The molecule has 0 spiro atoms. The van der Waals surface area contributed by atoms with Gasteiger partial charge in [-0.1, -0.05) is 15.9 Å². The molecule has 76 valence electrons. The summed E-state index contributed by atoms with van der Waals surface area (Å²) in [4.78, 5) is 11.3. The molecule has 3 N–H and O–H groups in total. The average molecular weight is 257 g/mol. The Kier molecular flexibility index (Phi) is 4.10. The van der Waals surface area contributed by atoms with Crippen LogP contribution in [0.5, 0.6) is 0 Å². The minimum absolute atomic E-state index is 0.0534. The van der Waals surface area contributed by atoms with Gasteiger partial charge in [0.15, 0.2) is 0 Å². The molecule has 1 aromatic carbocycles. The number of hydrogen-bond donors (Lipinski definition) is 2. The van der Waals surface area contributed by atoms with Crippen LogP contribution in [0.2, 0.25) is 0 Å². The lowest BCUT2D eigenvalue weighted by Gasteiger charge is -2.06. The normalized spacial score (nSPS) is 12.2. The van der Waals surface area contributed by atoms with Gasteiger partial charge in [0.1, 0.15) is 0 Å². The van der Waals surface area contributed by atoms with E-state index in [9.17, 15) is 4.79 Å². The first kappa shape index (κ1) is 11.2. The third-order valence-electron chi connectivity index (χ3n) is 1.64. The van der Waals surface area contributed by atoms with E-state index in [-0.39, 0.29) is 11.9 Å². The number of nitrogens with one attached hydrogen (secondary N) is 1. The van der Waals surface area contributed by atoms with E-state index in [0.29, 0.717) is 6.42 Å². The lowest BCUT2D eigenvalue weighted by atomic mass is 10.2. The highest BCUT2D eigenvalue weighted by Gasteiger charge is 2.04. The van der Waals surface area contributed by atoms with E-state index in [1.807, 2.05) is 24.3 Å². The van der Waals surface area contributed by atoms with Gasteiger partial charge in [0, 0.05) is 22.6 Å². The first-order valence-corrected chi connectivity index (χ1v) is 5.18. The molecular formula is C10H13BrN2O. The monoisotopic (exact) mass is 256 g/mol. The Bertz CT molecular complexity index is 308. The van der Waals surface area contributed by atoms with Gasteiger partial charge in [0.2, 0.25) is 5.91 Å². The molecule has 4 heteroatoms. The molecule has 0 radical (unpaired) electrons. The second-order valence-corrected chi connectivity index (χ2v) is 4.15. The van der Waals surface area contributed by atoms with Crippen molar-refractivity contribution in [3.63, 3.8) is 0 Å². The summed E-state index contributed by atoms with van der Waals surface area (Å²) in [6, 6.07) is 7.32. The van der Waals surface area contributed by atoms with Crippen LogP contribution in [0.3, 0.4) is 0 Å². The zero-order valence-corrected chi connectivity index (χ0v) is 9.54. The Hall–Kier alpha value is -0.870. The molecule has 1 unspecified atom stereocenters. The standard InChI is InChI=1S/C10H13BrN2O/c1-7(12)6-10(14)13-9-4-2-8(11)3-5-9/h2-5,7H,6,12H2,1H3,(H,13,14). The summed E-state index contributed by atoms with van der Waals surface area (Å²) in [5.41, 5.74) is 6.29. The van der Waals surface area contributed by atoms with E-state index in [1.165, 1.54) is 0 Å². The number of amides is 1. The van der Waals surface area contributed by atoms with E-state index < -0.39 is 0 Å². The van der Waals surface area contributed by atoms with Gasteiger partial charge in [-0.25, -0.2) is 0 Å². The SMILES string of the molecule is CC(N)CC(=O)Nc1ccc(Br)cc1. The van der Waals surface area contributed by atoms with E-state index in [4.69, 9.17) is 5.73 Å². The Balaban J connectivity index is 2.52. The Morgan fingerprint density at radius 3 is 2.57 bits per heavy atom. The number of benzene rings is 1. The molecule has 1 aromatic rings. The van der Waals surface area contributed by atoms with Crippen LogP contribution in [-0.4, -0.2) is 11.9 Å². The summed E-state index contributed by atoms with van der Waals surface area (Å²) in [5.74, 6) is -0.0534. The van der Waals surface area contributed by atoms with E-state index in [2.05, 4.69) is 21.2 Å². The summed E-state index contributed by atoms with van der Waals surface area (Å²) in [6.45, 7) is 1.81. The van der Waals surface area contributed by atoms with Crippen LogP contribution in [0, 0.1) is 0 Å². The topological polar surface area (TPSA) is 55.1 Å². The molecule has 3 nitrogen and oxygen atoms in total. The van der Waals surface area contributed by atoms with Crippen molar-refractivity contribution in [3.8, 4) is 0 Å². The lowest BCUT2D eigenvalue weighted by Crippen LogP contribution is -2.23. The minimum atomic E-state index is -0.106. The predicted molar refractivity (Wildman–Crippen MR) is 61.0 cm³/mol. The van der Waals surface area contributed by atoms with E-state index in [1.54, 1.807) is 6.92 Å². The number of carbonyl (C=O) groups is 1. The number of carbonyl (C=O) groups excluding carboxylic acids is 1. The Morgan fingerprint density at radius 2 is 2.07 bits per heavy atom. The van der Waals surface area contributed by atoms with E-state index >= 15 is 0 Å². The van der Waals surface area contributed by atoms with Crippen molar-refractivity contribution >= 4 is 27.5 Å². The van der Waals surface area contributed by atoms with Crippen molar-refractivity contribution in [2.45, 2.75) is 19.4 Å². The van der Waals surface area contributed by atoms with Crippen molar-refractivity contribution < 1.29 is 4.79 Å². The smallest absolute Gasteiger partial charge is 0.225 e. The zero-order chi connectivity index (χ0) is 10.6. The molecule has 0 heterocycles. The van der Waals surface area contributed by atoms with Crippen LogP contribution in [0.15, 0.2) is 28.7 Å². The van der Waals surface area contributed by atoms with Crippen LogP contribution in [0.25, 0.3) is 0 Å². The maximum absolute atomic E-state index is 11.3. The molecule has 14 heavy (non-hydrogen) atoms. The van der Waals surface area contributed by atoms with Crippen molar-refractivity contribution in [2.24, 2.45) is 5.73 Å². The largest absolute Gasteiger partial charge is 0.327 e. The van der Waals surface area contributed by atoms with Gasteiger partial charge < -0.3 is 11.1 Å². The summed E-state index contributed by atoms with van der Waals surface area (Å²) in [7, 11) is 0. The van der Waals surface area contributed by atoms with Crippen LogP contribution in [-0.2, 0) is 4.79 Å². The third-order valence-corrected chi connectivity index (χ3v) is 2.16. The fraction of sp³-hybridized carbons (Fsp3) is 0.300. The number of hydrogen-bond acceptors (Lipinski definition) is 2. The van der Waals surface area contributed by atoms with Crippen LogP contribution < -0.4 is 11.1 Å². The van der Waals surface area contributed by atoms with Crippen molar-refractivity contribution in [1.29, 1.82) is 0 Å². The van der Waals surface area contributed by atoms with Gasteiger partial charge in [-0.15, -0.1) is 0 Å². The van der Waals surface area contributed by atoms with Gasteiger partial charge in [-0.2, -0.15) is 0 Å². The fourth-order valence-corrected chi connectivity index (χ4v) is 1.30. The second-order valence-electron chi connectivity index (χ2n) is 3.24. The predicted octanol–water partition coefficient (Wildman–Crippen LogP) is 2.12. The summed E-state index contributed by atoms with van der Waals surface area (Å²) in [5, 5.41) is 2.76. The number of rotatable bonds is 3. The van der Waals surface area contributed by atoms with Gasteiger partial charge in [0.25, 0.3) is 0 Å². The highest BCUT2D eigenvalue weighted by molar-refractivity contribution is 9.10. The van der Waals surface area contributed by atoms with Gasteiger partial charge >= 0.3 is 0 Å². The van der Waals surface area contributed by atoms with Crippen molar-refractivity contribution in [1.82, 2.24) is 0 Å². The number of nitrogens with two attached hydrogens (primary N) is 1. The maximum atomic E-state index is 11.3. The molecule has 1 atom stereocenters. The molecule has 0 saturated heterocycles.